The number of carboxylic acid groups (broad SMARTS) is 1. The third-order valence-electron chi connectivity index (χ3n) is 3.53. The lowest BCUT2D eigenvalue weighted by atomic mass is 10.2. The molecule has 1 aliphatic heterocycles. The molecule has 1 atom stereocenters. The van der Waals surface area contributed by atoms with Crippen LogP contribution in [0.15, 0.2) is 0 Å². The highest BCUT2D eigenvalue weighted by Gasteiger charge is 2.21. The average molecular weight is 272 g/mol. The molecule has 19 heavy (non-hydrogen) atoms. The maximum atomic E-state index is 11.9. The number of hydrogen-bond donors (Lipinski definition) is 1. The van der Waals surface area contributed by atoms with E-state index in [0.29, 0.717) is 26.1 Å². The monoisotopic (exact) mass is 272 g/mol. The van der Waals surface area contributed by atoms with Gasteiger partial charge in [-0.1, -0.05) is 0 Å². The summed E-state index contributed by atoms with van der Waals surface area (Å²) in [6.45, 7) is 5.44. The van der Waals surface area contributed by atoms with Gasteiger partial charge < -0.3 is 14.7 Å². The van der Waals surface area contributed by atoms with E-state index in [-0.39, 0.29) is 18.4 Å². The number of amides is 1. The molecule has 6 heteroatoms. The van der Waals surface area contributed by atoms with E-state index < -0.39 is 5.97 Å². The molecular formula is C13H24N2O4. The third kappa shape index (κ3) is 6.02. The van der Waals surface area contributed by atoms with Crippen LogP contribution in [-0.4, -0.2) is 72.7 Å². The first kappa shape index (κ1) is 15.9. The van der Waals surface area contributed by atoms with Crippen LogP contribution in [0.4, 0.5) is 0 Å². The molecule has 0 spiro atoms. The van der Waals surface area contributed by atoms with Gasteiger partial charge in [0, 0.05) is 46.3 Å². The van der Waals surface area contributed by atoms with Crippen molar-refractivity contribution in [1.29, 1.82) is 0 Å². The van der Waals surface area contributed by atoms with Crippen molar-refractivity contribution in [2.75, 3.05) is 39.8 Å². The Morgan fingerprint density at radius 1 is 1.21 bits per heavy atom. The lowest BCUT2D eigenvalue weighted by Crippen LogP contribution is -2.49. The minimum atomic E-state index is -0.771. The molecular weight excluding hydrogens is 248 g/mol. The van der Waals surface area contributed by atoms with Gasteiger partial charge in [0.1, 0.15) is 0 Å². The van der Waals surface area contributed by atoms with Gasteiger partial charge in [-0.3, -0.25) is 14.5 Å². The fourth-order valence-electron chi connectivity index (χ4n) is 2.08. The summed E-state index contributed by atoms with van der Waals surface area (Å²) in [6.07, 6.45) is 1.54. The van der Waals surface area contributed by atoms with E-state index in [4.69, 9.17) is 9.84 Å². The van der Waals surface area contributed by atoms with Crippen LogP contribution in [0.1, 0.15) is 26.2 Å². The Labute approximate surface area is 114 Å². The molecule has 1 heterocycles. The standard InChI is InChI=1S/C13H24N2O4/c1-11(19-2)3-4-12(16)15-9-7-14(8-10-15)6-5-13(17)18/h11H,3-10H2,1-2H3,(H,17,18). The van der Waals surface area contributed by atoms with Crippen LogP contribution < -0.4 is 0 Å². The lowest BCUT2D eigenvalue weighted by molar-refractivity contribution is -0.138. The van der Waals surface area contributed by atoms with Crippen LogP contribution in [-0.2, 0) is 14.3 Å². The Morgan fingerprint density at radius 2 is 1.84 bits per heavy atom. The van der Waals surface area contributed by atoms with Crippen LogP contribution in [0.5, 0.6) is 0 Å². The zero-order chi connectivity index (χ0) is 14.3. The van der Waals surface area contributed by atoms with E-state index in [1.165, 1.54) is 0 Å². The van der Waals surface area contributed by atoms with E-state index in [1.54, 1.807) is 7.11 Å². The van der Waals surface area contributed by atoms with Crippen molar-refractivity contribution in [3.8, 4) is 0 Å². The van der Waals surface area contributed by atoms with Crippen LogP contribution >= 0.6 is 0 Å². The molecule has 1 fully saturated rings. The molecule has 1 N–H and O–H groups in total. The van der Waals surface area contributed by atoms with Crippen molar-refractivity contribution < 1.29 is 19.4 Å². The number of ether oxygens (including phenoxy) is 1. The first-order valence-corrected chi connectivity index (χ1v) is 6.77. The Hall–Kier alpha value is -1.14. The fourth-order valence-corrected chi connectivity index (χ4v) is 2.08. The number of methoxy groups -OCH3 is 1. The van der Waals surface area contributed by atoms with Gasteiger partial charge in [-0.25, -0.2) is 0 Å². The number of piperazine rings is 1. The number of hydrogen-bond acceptors (Lipinski definition) is 4. The second-order valence-electron chi connectivity index (χ2n) is 4.95. The Kier molecular flexibility index (Phi) is 6.80. The van der Waals surface area contributed by atoms with Gasteiger partial charge in [-0.15, -0.1) is 0 Å². The van der Waals surface area contributed by atoms with Crippen molar-refractivity contribution in [3.63, 3.8) is 0 Å². The van der Waals surface area contributed by atoms with Gasteiger partial charge in [-0.2, -0.15) is 0 Å². The van der Waals surface area contributed by atoms with E-state index in [1.807, 2.05) is 11.8 Å². The van der Waals surface area contributed by atoms with Crippen molar-refractivity contribution in [3.05, 3.63) is 0 Å². The molecule has 1 saturated heterocycles. The number of nitrogens with zero attached hydrogens (tertiary/aromatic N) is 2. The number of carbonyl (C=O) groups is 2. The SMILES string of the molecule is COC(C)CCC(=O)N1CCN(CCC(=O)O)CC1. The summed E-state index contributed by atoms with van der Waals surface area (Å²) in [7, 11) is 1.65. The minimum Gasteiger partial charge on any atom is -0.481 e. The molecule has 6 nitrogen and oxygen atoms in total. The highest BCUT2D eigenvalue weighted by atomic mass is 16.5. The van der Waals surface area contributed by atoms with Gasteiger partial charge >= 0.3 is 5.97 Å². The molecule has 1 amide bonds. The van der Waals surface area contributed by atoms with Crippen molar-refractivity contribution in [1.82, 2.24) is 9.80 Å². The summed E-state index contributed by atoms with van der Waals surface area (Å²) in [6, 6.07) is 0. The second-order valence-corrected chi connectivity index (χ2v) is 4.95. The number of rotatable bonds is 7. The van der Waals surface area contributed by atoms with Crippen LogP contribution in [0.25, 0.3) is 0 Å². The van der Waals surface area contributed by atoms with Crippen LogP contribution in [0.3, 0.4) is 0 Å². The van der Waals surface area contributed by atoms with Gasteiger partial charge in [0.05, 0.1) is 12.5 Å². The molecule has 0 bridgehead atoms. The van der Waals surface area contributed by atoms with Crippen molar-refractivity contribution in [2.24, 2.45) is 0 Å². The normalized spacial score (nSPS) is 18.3. The molecule has 0 radical (unpaired) electrons. The smallest absolute Gasteiger partial charge is 0.304 e. The van der Waals surface area contributed by atoms with Gasteiger partial charge in [-0.05, 0) is 13.3 Å². The van der Waals surface area contributed by atoms with E-state index >= 15 is 0 Å². The fraction of sp³-hybridized carbons (Fsp3) is 0.846. The molecule has 0 aromatic rings. The van der Waals surface area contributed by atoms with Crippen molar-refractivity contribution in [2.45, 2.75) is 32.3 Å². The minimum absolute atomic E-state index is 0.112. The molecule has 1 aliphatic rings. The summed E-state index contributed by atoms with van der Waals surface area (Å²) >= 11 is 0. The molecule has 1 rings (SSSR count). The molecule has 110 valence electrons. The highest BCUT2D eigenvalue weighted by Crippen LogP contribution is 2.08. The maximum Gasteiger partial charge on any atom is 0.304 e. The van der Waals surface area contributed by atoms with Gasteiger partial charge in [0.2, 0.25) is 5.91 Å². The second kappa shape index (κ2) is 8.12. The Bertz CT molecular complexity index is 301. The van der Waals surface area contributed by atoms with E-state index in [0.717, 1.165) is 19.5 Å². The zero-order valence-corrected chi connectivity index (χ0v) is 11.8. The highest BCUT2D eigenvalue weighted by molar-refractivity contribution is 5.76. The predicted molar refractivity (Wildman–Crippen MR) is 71.0 cm³/mol. The predicted octanol–water partition coefficient (Wildman–Crippen LogP) is 0.420. The molecule has 0 aromatic carbocycles. The summed E-state index contributed by atoms with van der Waals surface area (Å²) in [5, 5.41) is 8.63. The first-order chi connectivity index (χ1) is 9.02. The number of carbonyl (C=O) groups excluding carboxylic acids is 1. The zero-order valence-electron chi connectivity index (χ0n) is 11.8. The average Bonchev–Trinajstić information content (AvgIpc) is 2.42. The van der Waals surface area contributed by atoms with Gasteiger partial charge in [0.25, 0.3) is 0 Å². The topological polar surface area (TPSA) is 70.1 Å². The Balaban J connectivity index is 2.21. The summed E-state index contributed by atoms with van der Waals surface area (Å²) in [4.78, 5) is 26.4. The van der Waals surface area contributed by atoms with E-state index in [2.05, 4.69) is 4.90 Å². The first-order valence-electron chi connectivity index (χ1n) is 6.77. The summed E-state index contributed by atoms with van der Waals surface area (Å²) in [5.41, 5.74) is 0. The summed E-state index contributed by atoms with van der Waals surface area (Å²) in [5.74, 6) is -0.603. The van der Waals surface area contributed by atoms with Crippen molar-refractivity contribution >= 4 is 11.9 Å². The molecule has 1 unspecified atom stereocenters. The summed E-state index contributed by atoms with van der Waals surface area (Å²) < 4.78 is 5.12. The quantitative estimate of drug-likeness (QED) is 0.727. The Morgan fingerprint density at radius 3 is 2.37 bits per heavy atom. The van der Waals surface area contributed by atoms with Crippen LogP contribution in [0, 0.1) is 0 Å². The van der Waals surface area contributed by atoms with Crippen LogP contribution in [0.2, 0.25) is 0 Å². The molecule has 0 saturated carbocycles. The van der Waals surface area contributed by atoms with Gasteiger partial charge in [0.15, 0.2) is 0 Å². The lowest BCUT2D eigenvalue weighted by Gasteiger charge is -2.34. The molecule has 0 aromatic heterocycles. The van der Waals surface area contributed by atoms with E-state index in [9.17, 15) is 9.59 Å². The molecule has 0 aliphatic carbocycles. The number of aliphatic carboxylic acids is 1. The third-order valence-corrected chi connectivity index (χ3v) is 3.53. The largest absolute Gasteiger partial charge is 0.481 e. The number of carboxylic acids is 1. The maximum absolute atomic E-state index is 11.9.